The molecule has 0 spiro atoms. The number of pyridine rings is 1. The van der Waals surface area contributed by atoms with E-state index in [0.29, 0.717) is 23.7 Å². The number of aromatic nitrogens is 2. The highest BCUT2D eigenvalue weighted by molar-refractivity contribution is 7.91. The standard InChI is InChI=1S/C16H17N3O2S2/c1-2-12-6-7-16(22-12)23(20,21)18-10-8-13-14(11-18)19-9-4-3-5-15(19)17-13/h3-7,9H,2,8,10-11H2,1H3. The number of hydrogen-bond donors (Lipinski definition) is 0. The van der Waals surface area contributed by atoms with Crippen LogP contribution < -0.4 is 0 Å². The first-order valence-corrected chi connectivity index (χ1v) is 9.89. The summed E-state index contributed by atoms with van der Waals surface area (Å²) < 4.78 is 29.8. The molecule has 0 unspecified atom stereocenters. The molecule has 0 aliphatic carbocycles. The summed E-state index contributed by atoms with van der Waals surface area (Å²) in [5.74, 6) is 0. The summed E-state index contributed by atoms with van der Waals surface area (Å²) in [7, 11) is -3.43. The first-order valence-electron chi connectivity index (χ1n) is 7.63. The van der Waals surface area contributed by atoms with Gasteiger partial charge in [-0.2, -0.15) is 4.31 Å². The van der Waals surface area contributed by atoms with Gasteiger partial charge in [-0.1, -0.05) is 13.0 Å². The second kappa shape index (κ2) is 5.43. The number of imidazole rings is 1. The van der Waals surface area contributed by atoms with Crippen LogP contribution in [0.5, 0.6) is 0 Å². The quantitative estimate of drug-likeness (QED) is 0.732. The van der Waals surface area contributed by atoms with E-state index < -0.39 is 10.0 Å². The van der Waals surface area contributed by atoms with E-state index in [9.17, 15) is 8.42 Å². The monoisotopic (exact) mass is 347 g/mol. The molecule has 0 fully saturated rings. The molecule has 4 rings (SSSR count). The van der Waals surface area contributed by atoms with Crippen LogP contribution in [0.2, 0.25) is 0 Å². The van der Waals surface area contributed by atoms with E-state index in [-0.39, 0.29) is 0 Å². The lowest BCUT2D eigenvalue weighted by molar-refractivity contribution is 0.384. The van der Waals surface area contributed by atoms with Gasteiger partial charge < -0.3 is 4.40 Å². The van der Waals surface area contributed by atoms with Crippen LogP contribution >= 0.6 is 11.3 Å². The Hall–Kier alpha value is -1.70. The second-order valence-electron chi connectivity index (χ2n) is 5.60. The van der Waals surface area contributed by atoms with Crippen molar-refractivity contribution in [3.63, 3.8) is 0 Å². The Balaban J connectivity index is 1.72. The molecule has 4 heterocycles. The molecule has 0 atom stereocenters. The van der Waals surface area contributed by atoms with Crippen molar-refractivity contribution in [1.29, 1.82) is 0 Å². The fourth-order valence-corrected chi connectivity index (χ4v) is 5.81. The Kier molecular flexibility index (Phi) is 3.51. The second-order valence-corrected chi connectivity index (χ2v) is 8.93. The van der Waals surface area contributed by atoms with E-state index in [4.69, 9.17) is 0 Å². The zero-order valence-corrected chi connectivity index (χ0v) is 14.4. The molecule has 7 heteroatoms. The number of hydrogen-bond acceptors (Lipinski definition) is 4. The third-order valence-corrected chi connectivity index (χ3v) is 7.76. The maximum absolute atomic E-state index is 12.9. The summed E-state index contributed by atoms with van der Waals surface area (Å²) in [6.07, 6.45) is 3.46. The molecule has 0 radical (unpaired) electrons. The highest BCUT2D eigenvalue weighted by Crippen LogP contribution is 2.29. The van der Waals surface area contributed by atoms with Gasteiger partial charge in [0, 0.05) is 24.0 Å². The van der Waals surface area contributed by atoms with Crippen LogP contribution in [0.4, 0.5) is 0 Å². The van der Waals surface area contributed by atoms with Crippen LogP contribution in [-0.2, 0) is 29.4 Å². The van der Waals surface area contributed by atoms with Crippen LogP contribution in [0.3, 0.4) is 0 Å². The van der Waals surface area contributed by atoms with Crippen molar-refractivity contribution in [2.24, 2.45) is 0 Å². The first-order chi connectivity index (χ1) is 11.1. The molecule has 0 amide bonds. The van der Waals surface area contributed by atoms with Crippen molar-refractivity contribution in [2.75, 3.05) is 6.54 Å². The van der Waals surface area contributed by atoms with Gasteiger partial charge in [0.2, 0.25) is 0 Å². The normalized spacial score (nSPS) is 15.9. The van der Waals surface area contributed by atoms with E-state index >= 15 is 0 Å². The largest absolute Gasteiger partial charge is 0.302 e. The van der Waals surface area contributed by atoms with Gasteiger partial charge in [-0.15, -0.1) is 11.3 Å². The lowest BCUT2D eigenvalue weighted by Crippen LogP contribution is -2.36. The zero-order chi connectivity index (χ0) is 16.0. The molecule has 1 aliphatic heterocycles. The maximum atomic E-state index is 12.9. The number of rotatable bonds is 3. The van der Waals surface area contributed by atoms with E-state index in [2.05, 4.69) is 4.98 Å². The van der Waals surface area contributed by atoms with Crippen molar-refractivity contribution in [3.8, 4) is 0 Å². The zero-order valence-electron chi connectivity index (χ0n) is 12.8. The number of aryl methyl sites for hydroxylation is 1. The molecule has 0 aromatic carbocycles. The molecular formula is C16H17N3O2S2. The third-order valence-electron chi connectivity index (χ3n) is 4.22. The molecule has 0 bridgehead atoms. The fourth-order valence-electron chi connectivity index (χ4n) is 2.96. The van der Waals surface area contributed by atoms with Crippen molar-refractivity contribution >= 4 is 27.0 Å². The summed E-state index contributed by atoms with van der Waals surface area (Å²) >= 11 is 1.37. The van der Waals surface area contributed by atoms with Crippen LogP contribution in [0.1, 0.15) is 23.2 Å². The smallest absolute Gasteiger partial charge is 0.252 e. The van der Waals surface area contributed by atoms with Gasteiger partial charge in [0.05, 0.1) is 17.9 Å². The van der Waals surface area contributed by atoms with E-state index in [1.807, 2.05) is 41.8 Å². The minimum atomic E-state index is -3.43. The van der Waals surface area contributed by atoms with Crippen LogP contribution in [-0.4, -0.2) is 28.7 Å². The van der Waals surface area contributed by atoms with Gasteiger partial charge in [-0.25, -0.2) is 13.4 Å². The number of thiophene rings is 1. The number of nitrogens with zero attached hydrogens (tertiary/aromatic N) is 3. The number of sulfonamides is 1. The van der Waals surface area contributed by atoms with Crippen LogP contribution in [0.15, 0.2) is 40.7 Å². The minimum absolute atomic E-state index is 0.377. The molecule has 0 saturated carbocycles. The van der Waals surface area contributed by atoms with Crippen molar-refractivity contribution in [3.05, 3.63) is 52.8 Å². The molecule has 5 nitrogen and oxygen atoms in total. The van der Waals surface area contributed by atoms with Crippen molar-refractivity contribution < 1.29 is 8.42 Å². The Morgan fingerprint density at radius 3 is 2.91 bits per heavy atom. The molecule has 120 valence electrons. The Bertz CT molecular complexity index is 972. The summed E-state index contributed by atoms with van der Waals surface area (Å²) in [5.41, 5.74) is 2.85. The SMILES string of the molecule is CCc1ccc(S(=O)(=O)N2CCc3nc4ccccn4c3C2)s1. The van der Waals surface area contributed by atoms with Gasteiger partial charge in [0.15, 0.2) is 0 Å². The van der Waals surface area contributed by atoms with Gasteiger partial charge in [-0.05, 0) is 30.7 Å². The summed E-state index contributed by atoms with van der Waals surface area (Å²) in [6.45, 7) is 2.90. The molecule has 3 aromatic rings. The third kappa shape index (κ3) is 2.39. The molecule has 0 saturated heterocycles. The average Bonchev–Trinajstić information content (AvgIpc) is 3.19. The molecule has 23 heavy (non-hydrogen) atoms. The average molecular weight is 347 g/mol. The van der Waals surface area contributed by atoms with Crippen molar-refractivity contribution in [1.82, 2.24) is 13.7 Å². The predicted molar refractivity (Wildman–Crippen MR) is 90.2 cm³/mol. The first kappa shape index (κ1) is 14.9. The van der Waals surface area contributed by atoms with Gasteiger partial charge in [0.25, 0.3) is 10.0 Å². The predicted octanol–water partition coefficient (Wildman–Crippen LogP) is 2.71. The topological polar surface area (TPSA) is 54.7 Å². The highest BCUT2D eigenvalue weighted by Gasteiger charge is 2.31. The number of fused-ring (bicyclic) bond motifs is 3. The summed E-state index contributed by atoms with van der Waals surface area (Å²) in [5, 5.41) is 0. The Morgan fingerprint density at radius 2 is 2.13 bits per heavy atom. The van der Waals surface area contributed by atoms with E-state index in [1.54, 1.807) is 10.4 Å². The molecule has 3 aromatic heterocycles. The van der Waals surface area contributed by atoms with E-state index in [0.717, 1.165) is 28.3 Å². The van der Waals surface area contributed by atoms with Crippen LogP contribution in [0.25, 0.3) is 5.65 Å². The van der Waals surface area contributed by atoms with E-state index in [1.165, 1.54) is 11.3 Å². The van der Waals surface area contributed by atoms with Gasteiger partial charge in [0.1, 0.15) is 9.86 Å². The van der Waals surface area contributed by atoms with Crippen LogP contribution in [0, 0.1) is 0 Å². The fraction of sp³-hybridized carbons (Fsp3) is 0.312. The summed E-state index contributed by atoms with van der Waals surface area (Å²) in [6, 6.07) is 9.46. The summed E-state index contributed by atoms with van der Waals surface area (Å²) in [4.78, 5) is 5.70. The Morgan fingerprint density at radius 1 is 1.26 bits per heavy atom. The molecule has 0 N–H and O–H groups in total. The lowest BCUT2D eigenvalue weighted by atomic mass is 10.2. The minimum Gasteiger partial charge on any atom is -0.302 e. The molecular weight excluding hydrogens is 330 g/mol. The Labute approximate surface area is 139 Å². The van der Waals surface area contributed by atoms with Crippen molar-refractivity contribution in [2.45, 2.75) is 30.5 Å². The lowest BCUT2D eigenvalue weighted by Gasteiger charge is -2.25. The highest BCUT2D eigenvalue weighted by atomic mass is 32.2. The van der Waals surface area contributed by atoms with Gasteiger partial charge in [-0.3, -0.25) is 0 Å². The van der Waals surface area contributed by atoms with Gasteiger partial charge >= 0.3 is 0 Å². The molecule has 1 aliphatic rings. The maximum Gasteiger partial charge on any atom is 0.252 e.